The average molecular weight is 347 g/mol. The summed E-state index contributed by atoms with van der Waals surface area (Å²) in [5.41, 5.74) is 1.01. The van der Waals surface area contributed by atoms with E-state index in [0.29, 0.717) is 0 Å². The maximum absolute atomic E-state index is 12.6. The fraction of sp³-hybridized carbons (Fsp3) is 0.611. The predicted octanol–water partition coefficient (Wildman–Crippen LogP) is 3.91. The number of rotatable bonds is 4. The molecule has 0 aliphatic carbocycles. The van der Waals surface area contributed by atoms with Gasteiger partial charge in [0.25, 0.3) is 5.91 Å². The number of aromatic nitrogens is 2. The van der Waals surface area contributed by atoms with Gasteiger partial charge in [0.1, 0.15) is 17.0 Å². The van der Waals surface area contributed by atoms with E-state index in [1.54, 1.807) is 6.33 Å². The molecule has 3 heterocycles. The van der Waals surface area contributed by atoms with Crippen molar-refractivity contribution < 1.29 is 4.79 Å². The molecule has 24 heavy (non-hydrogen) atoms. The summed E-state index contributed by atoms with van der Waals surface area (Å²) in [6.07, 6.45) is 7.54. The van der Waals surface area contributed by atoms with Gasteiger partial charge in [-0.3, -0.25) is 4.79 Å². The molecule has 3 rings (SSSR count). The minimum Gasteiger partial charge on any atom is -0.356 e. The standard InChI is InChI=1S/C18H26N4OS/c1-4-12(2)21-17(23)15-13(3)14-16(19-11-20-18(14)24-15)22-9-7-5-6-8-10-22/h11-12H,4-10H2,1-3H3,(H,21,23)/t12-/m1/s1. The summed E-state index contributed by atoms with van der Waals surface area (Å²) < 4.78 is 0. The molecule has 1 aliphatic heterocycles. The number of nitrogens with zero attached hydrogens (tertiary/aromatic N) is 3. The normalized spacial score (nSPS) is 16.9. The number of carbonyl (C=O) groups is 1. The molecule has 1 aliphatic rings. The Labute approximate surface area is 147 Å². The van der Waals surface area contributed by atoms with Crippen molar-refractivity contribution in [3.8, 4) is 0 Å². The molecule has 6 heteroatoms. The summed E-state index contributed by atoms with van der Waals surface area (Å²) in [6, 6.07) is 0.179. The van der Waals surface area contributed by atoms with E-state index < -0.39 is 0 Å². The van der Waals surface area contributed by atoms with Crippen LogP contribution in [0.2, 0.25) is 0 Å². The van der Waals surface area contributed by atoms with Gasteiger partial charge in [-0.2, -0.15) is 0 Å². The summed E-state index contributed by atoms with van der Waals surface area (Å²) >= 11 is 1.48. The molecule has 2 aromatic rings. The van der Waals surface area contributed by atoms with E-state index in [9.17, 15) is 4.79 Å². The maximum atomic E-state index is 12.6. The molecule has 0 aromatic carbocycles. The third-order valence-electron chi connectivity index (χ3n) is 4.81. The van der Waals surface area contributed by atoms with Gasteiger partial charge in [-0.05, 0) is 38.7 Å². The Hall–Kier alpha value is -1.69. The van der Waals surface area contributed by atoms with Crippen LogP contribution in [0.1, 0.15) is 61.2 Å². The van der Waals surface area contributed by atoms with Gasteiger partial charge in [0.05, 0.1) is 10.3 Å². The van der Waals surface area contributed by atoms with Crippen molar-refractivity contribution in [1.29, 1.82) is 0 Å². The molecule has 0 radical (unpaired) electrons. The van der Waals surface area contributed by atoms with E-state index in [0.717, 1.165) is 46.0 Å². The van der Waals surface area contributed by atoms with Crippen molar-refractivity contribution >= 4 is 33.3 Å². The number of hydrogen-bond donors (Lipinski definition) is 1. The number of hydrogen-bond acceptors (Lipinski definition) is 5. The minimum absolute atomic E-state index is 0.00617. The van der Waals surface area contributed by atoms with E-state index in [1.165, 1.54) is 37.0 Å². The van der Waals surface area contributed by atoms with E-state index in [-0.39, 0.29) is 11.9 Å². The molecule has 0 spiro atoms. The lowest BCUT2D eigenvalue weighted by Gasteiger charge is -2.22. The highest BCUT2D eigenvalue weighted by atomic mass is 32.1. The smallest absolute Gasteiger partial charge is 0.261 e. The molecule has 2 aromatic heterocycles. The quantitative estimate of drug-likeness (QED) is 0.912. The largest absolute Gasteiger partial charge is 0.356 e. The van der Waals surface area contributed by atoms with E-state index in [4.69, 9.17) is 0 Å². The Balaban J connectivity index is 1.99. The highest BCUT2D eigenvalue weighted by Gasteiger charge is 2.22. The Morgan fingerprint density at radius 2 is 2.00 bits per heavy atom. The van der Waals surface area contributed by atoms with Crippen molar-refractivity contribution in [2.45, 2.75) is 58.9 Å². The lowest BCUT2D eigenvalue weighted by molar-refractivity contribution is 0.0943. The zero-order chi connectivity index (χ0) is 17.1. The molecule has 1 fully saturated rings. The SMILES string of the molecule is CC[C@@H](C)NC(=O)c1sc2ncnc(N3CCCCCC3)c2c1C. The third-order valence-corrected chi connectivity index (χ3v) is 6.01. The molecule has 1 amide bonds. The van der Waals surface area contributed by atoms with Gasteiger partial charge in [-0.25, -0.2) is 9.97 Å². The Kier molecular flexibility index (Phi) is 5.33. The van der Waals surface area contributed by atoms with Crippen molar-refractivity contribution in [3.63, 3.8) is 0 Å². The van der Waals surface area contributed by atoms with Crippen molar-refractivity contribution in [2.75, 3.05) is 18.0 Å². The molecular weight excluding hydrogens is 320 g/mol. The maximum Gasteiger partial charge on any atom is 0.261 e. The fourth-order valence-electron chi connectivity index (χ4n) is 3.18. The molecule has 1 atom stereocenters. The Morgan fingerprint density at radius 1 is 1.29 bits per heavy atom. The molecule has 0 bridgehead atoms. The van der Waals surface area contributed by atoms with E-state index >= 15 is 0 Å². The Morgan fingerprint density at radius 3 is 2.67 bits per heavy atom. The predicted molar refractivity (Wildman–Crippen MR) is 100 cm³/mol. The second kappa shape index (κ2) is 7.47. The lowest BCUT2D eigenvalue weighted by Crippen LogP contribution is -2.31. The zero-order valence-corrected chi connectivity index (χ0v) is 15.6. The first-order valence-corrected chi connectivity index (χ1v) is 9.73. The van der Waals surface area contributed by atoms with Gasteiger partial charge in [-0.1, -0.05) is 19.8 Å². The molecule has 1 N–H and O–H groups in total. The summed E-state index contributed by atoms with van der Waals surface area (Å²) in [5, 5.41) is 4.12. The first kappa shape index (κ1) is 17.1. The first-order valence-electron chi connectivity index (χ1n) is 8.91. The highest BCUT2D eigenvalue weighted by Crippen LogP contribution is 2.35. The van der Waals surface area contributed by atoms with Crippen LogP contribution in [0.4, 0.5) is 5.82 Å². The van der Waals surface area contributed by atoms with Crippen LogP contribution in [-0.2, 0) is 0 Å². The number of carbonyl (C=O) groups excluding carboxylic acids is 1. The summed E-state index contributed by atoms with van der Waals surface area (Å²) in [6.45, 7) is 8.20. The van der Waals surface area contributed by atoms with Gasteiger partial charge < -0.3 is 10.2 Å². The number of anilines is 1. The van der Waals surface area contributed by atoms with Crippen molar-refractivity contribution in [3.05, 3.63) is 16.8 Å². The van der Waals surface area contributed by atoms with Gasteiger partial charge in [0, 0.05) is 19.1 Å². The average Bonchev–Trinajstić information content (AvgIpc) is 2.77. The second-order valence-electron chi connectivity index (χ2n) is 6.62. The summed E-state index contributed by atoms with van der Waals surface area (Å²) in [4.78, 5) is 25.6. The molecule has 0 saturated carbocycles. The molecule has 5 nitrogen and oxygen atoms in total. The number of nitrogens with one attached hydrogen (secondary N) is 1. The van der Waals surface area contributed by atoms with Crippen molar-refractivity contribution in [2.24, 2.45) is 0 Å². The highest BCUT2D eigenvalue weighted by molar-refractivity contribution is 7.20. The number of aryl methyl sites for hydroxylation is 1. The monoisotopic (exact) mass is 346 g/mol. The zero-order valence-electron chi connectivity index (χ0n) is 14.8. The second-order valence-corrected chi connectivity index (χ2v) is 7.62. The van der Waals surface area contributed by atoms with E-state index in [2.05, 4.69) is 27.1 Å². The third kappa shape index (κ3) is 3.38. The van der Waals surface area contributed by atoms with Crippen LogP contribution in [0.3, 0.4) is 0 Å². The van der Waals surface area contributed by atoms with Crippen LogP contribution < -0.4 is 10.2 Å². The van der Waals surface area contributed by atoms with Crippen LogP contribution >= 0.6 is 11.3 Å². The van der Waals surface area contributed by atoms with Crippen LogP contribution in [0.15, 0.2) is 6.33 Å². The van der Waals surface area contributed by atoms with Gasteiger partial charge in [0.15, 0.2) is 0 Å². The van der Waals surface area contributed by atoms with Crippen molar-refractivity contribution in [1.82, 2.24) is 15.3 Å². The molecule has 1 saturated heterocycles. The molecule has 0 unspecified atom stereocenters. The topological polar surface area (TPSA) is 58.1 Å². The minimum atomic E-state index is 0.00617. The Bertz CT molecular complexity index is 719. The van der Waals surface area contributed by atoms with Crippen LogP contribution in [0.5, 0.6) is 0 Å². The van der Waals surface area contributed by atoms with Crippen LogP contribution in [-0.4, -0.2) is 35.0 Å². The fourth-order valence-corrected chi connectivity index (χ4v) is 4.23. The van der Waals surface area contributed by atoms with Gasteiger partial charge >= 0.3 is 0 Å². The number of amides is 1. The van der Waals surface area contributed by atoms with Crippen LogP contribution in [0, 0.1) is 6.92 Å². The van der Waals surface area contributed by atoms with Gasteiger partial charge in [0.2, 0.25) is 0 Å². The van der Waals surface area contributed by atoms with Gasteiger partial charge in [-0.15, -0.1) is 11.3 Å². The van der Waals surface area contributed by atoms with E-state index in [1.807, 2.05) is 13.8 Å². The number of thiophene rings is 1. The summed E-state index contributed by atoms with van der Waals surface area (Å²) in [7, 11) is 0. The lowest BCUT2D eigenvalue weighted by atomic mass is 10.1. The van der Waals surface area contributed by atoms with Crippen LogP contribution in [0.25, 0.3) is 10.2 Å². The molecule has 130 valence electrons. The molecular formula is C18H26N4OS. The summed E-state index contributed by atoms with van der Waals surface area (Å²) in [5.74, 6) is 1.00. The first-order chi connectivity index (χ1) is 11.6. The number of fused-ring (bicyclic) bond motifs is 1.